The number of hydrogen-bond acceptors (Lipinski definition) is 5. The lowest BCUT2D eigenvalue weighted by atomic mass is 10.1. The van der Waals surface area contributed by atoms with Crippen molar-refractivity contribution in [3.8, 4) is 5.88 Å². The fraction of sp³-hybridized carbons (Fsp3) is 0.167. The van der Waals surface area contributed by atoms with E-state index in [-0.39, 0.29) is 12.1 Å². The van der Waals surface area contributed by atoms with Crippen LogP contribution in [0.2, 0.25) is 0 Å². The predicted octanol–water partition coefficient (Wildman–Crippen LogP) is 2.25. The lowest BCUT2D eigenvalue weighted by Crippen LogP contribution is -2.32. The Balaban J connectivity index is 2.00. The molecular formula is C18H17N3O4. The van der Waals surface area contributed by atoms with E-state index < -0.39 is 17.1 Å². The van der Waals surface area contributed by atoms with Crippen molar-refractivity contribution in [3.63, 3.8) is 0 Å². The largest absolute Gasteiger partial charge is 0.494 e. The zero-order valence-corrected chi connectivity index (χ0v) is 13.8. The number of aromatic amines is 1. The van der Waals surface area contributed by atoms with Crippen molar-refractivity contribution in [2.24, 2.45) is 4.99 Å². The van der Waals surface area contributed by atoms with Gasteiger partial charge >= 0.3 is 5.69 Å². The van der Waals surface area contributed by atoms with E-state index in [1.54, 1.807) is 12.1 Å². The molecule has 25 heavy (non-hydrogen) atoms. The van der Waals surface area contributed by atoms with Gasteiger partial charge in [-0.25, -0.2) is 4.79 Å². The Morgan fingerprint density at radius 2 is 2.04 bits per heavy atom. The molecule has 3 aromatic rings. The van der Waals surface area contributed by atoms with Crippen molar-refractivity contribution in [3.05, 3.63) is 79.9 Å². The molecule has 0 radical (unpaired) electrons. The van der Waals surface area contributed by atoms with Crippen molar-refractivity contribution in [1.29, 1.82) is 0 Å². The fourth-order valence-electron chi connectivity index (χ4n) is 2.34. The molecule has 0 saturated carbocycles. The van der Waals surface area contributed by atoms with Crippen LogP contribution in [0.4, 0.5) is 5.69 Å². The third-order valence-corrected chi connectivity index (χ3v) is 3.93. The maximum atomic E-state index is 12.0. The molecular weight excluding hydrogens is 322 g/mol. The topological polar surface area (TPSA) is 101 Å². The lowest BCUT2D eigenvalue weighted by Gasteiger charge is -2.08. The highest BCUT2D eigenvalue weighted by Crippen LogP contribution is 2.18. The summed E-state index contributed by atoms with van der Waals surface area (Å²) in [5, 5.41) is 10.3. The van der Waals surface area contributed by atoms with Crippen LogP contribution < -0.4 is 11.2 Å². The van der Waals surface area contributed by atoms with E-state index in [4.69, 9.17) is 4.42 Å². The number of nitrogens with zero attached hydrogens (tertiary/aromatic N) is 2. The lowest BCUT2D eigenvalue weighted by molar-refractivity contribution is 0.392. The number of benzene rings is 1. The van der Waals surface area contributed by atoms with Gasteiger partial charge in [0, 0.05) is 6.21 Å². The van der Waals surface area contributed by atoms with E-state index in [9.17, 15) is 14.7 Å². The van der Waals surface area contributed by atoms with Crippen LogP contribution in [-0.2, 0) is 6.54 Å². The second kappa shape index (κ2) is 6.64. The van der Waals surface area contributed by atoms with Gasteiger partial charge in [0.25, 0.3) is 5.56 Å². The zero-order valence-electron chi connectivity index (χ0n) is 13.8. The fourth-order valence-corrected chi connectivity index (χ4v) is 2.34. The molecule has 0 bridgehead atoms. The number of nitrogens with one attached hydrogen (secondary N) is 1. The molecule has 0 unspecified atom stereocenters. The molecule has 2 N–H and O–H groups in total. The first-order chi connectivity index (χ1) is 12.0. The van der Waals surface area contributed by atoms with Gasteiger partial charge in [0.15, 0.2) is 0 Å². The molecule has 0 spiro atoms. The number of aromatic nitrogens is 2. The maximum absolute atomic E-state index is 12.0. The zero-order chi connectivity index (χ0) is 18.0. The van der Waals surface area contributed by atoms with E-state index in [1.165, 1.54) is 12.5 Å². The highest BCUT2D eigenvalue weighted by Gasteiger charge is 2.13. The molecule has 128 valence electrons. The summed E-state index contributed by atoms with van der Waals surface area (Å²) < 4.78 is 6.19. The van der Waals surface area contributed by atoms with E-state index in [0.717, 1.165) is 15.7 Å². The Hall–Kier alpha value is -3.35. The van der Waals surface area contributed by atoms with Crippen LogP contribution in [0.3, 0.4) is 0 Å². The third kappa shape index (κ3) is 3.45. The highest BCUT2D eigenvalue weighted by atomic mass is 16.3. The number of H-pyrrole nitrogens is 1. The Labute approximate surface area is 142 Å². The quantitative estimate of drug-likeness (QED) is 0.712. The Bertz CT molecular complexity index is 1040. The minimum absolute atomic E-state index is 0.00106. The normalized spacial score (nSPS) is 11.3. The summed E-state index contributed by atoms with van der Waals surface area (Å²) in [7, 11) is 0. The smallest absolute Gasteiger partial charge is 0.331 e. The third-order valence-electron chi connectivity index (χ3n) is 3.93. The standard InChI is InChI=1S/C18H17N3O4/c1-11-5-6-13(8-12(11)2)19-9-15-16(22)20-18(24)21(17(15)23)10-14-4-3-7-25-14/h3-9,23H,10H2,1-2H3,(H,20,22,24). The van der Waals surface area contributed by atoms with Crippen molar-refractivity contribution in [1.82, 2.24) is 9.55 Å². The van der Waals surface area contributed by atoms with Crippen LogP contribution in [0.15, 0.2) is 55.6 Å². The van der Waals surface area contributed by atoms with Crippen LogP contribution in [-0.4, -0.2) is 20.9 Å². The number of aryl methyl sites for hydroxylation is 2. The van der Waals surface area contributed by atoms with Crippen LogP contribution in [0.25, 0.3) is 0 Å². The van der Waals surface area contributed by atoms with Crippen LogP contribution in [0.1, 0.15) is 22.5 Å². The van der Waals surface area contributed by atoms with Crippen LogP contribution in [0.5, 0.6) is 5.88 Å². The molecule has 0 aliphatic carbocycles. The summed E-state index contributed by atoms with van der Waals surface area (Å²) in [5.41, 5.74) is 1.32. The number of rotatable bonds is 4. The SMILES string of the molecule is Cc1ccc(N=Cc2c(O)n(Cc3ccco3)c(=O)[nH]c2=O)cc1C. The molecule has 2 heterocycles. The summed E-state index contributed by atoms with van der Waals surface area (Å²) in [6.07, 6.45) is 2.71. The molecule has 0 amide bonds. The number of aromatic hydroxyl groups is 1. The van der Waals surface area contributed by atoms with Gasteiger partial charge in [-0.15, -0.1) is 0 Å². The molecule has 0 aliphatic rings. The van der Waals surface area contributed by atoms with Crippen molar-refractivity contribution >= 4 is 11.9 Å². The molecule has 0 aliphatic heterocycles. The van der Waals surface area contributed by atoms with Gasteiger partial charge in [-0.05, 0) is 49.2 Å². The van der Waals surface area contributed by atoms with Crippen molar-refractivity contribution in [2.45, 2.75) is 20.4 Å². The first-order valence-corrected chi connectivity index (χ1v) is 7.65. The average molecular weight is 339 g/mol. The van der Waals surface area contributed by atoms with Crippen molar-refractivity contribution in [2.75, 3.05) is 0 Å². The van der Waals surface area contributed by atoms with E-state index >= 15 is 0 Å². The molecule has 0 atom stereocenters. The van der Waals surface area contributed by atoms with Gasteiger partial charge in [-0.1, -0.05) is 6.07 Å². The van der Waals surface area contributed by atoms with Crippen molar-refractivity contribution < 1.29 is 9.52 Å². The maximum Gasteiger partial charge on any atom is 0.331 e. The van der Waals surface area contributed by atoms with E-state index in [1.807, 2.05) is 32.0 Å². The van der Waals surface area contributed by atoms with Gasteiger partial charge in [-0.3, -0.25) is 19.3 Å². The van der Waals surface area contributed by atoms with Gasteiger partial charge in [0.1, 0.15) is 11.3 Å². The second-order valence-electron chi connectivity index (χ2n) is 5.69. The average Bonchev–Trinajstić information content (AvgIpc) is 3.07. The van der Waals surface area contributed by atoms with Gasteiger partial charge in [0.2, 0.25) is 5.88 Å². The Morgan fingerprint density at radius 3 is 2.72 bits per heavy atom. The van der Waals surface area contributed by atoms with Crippen LogP contribution >= 0.6 is 0 Å². The summed E-state index contributed by atoms with van der Waals surface area (Å²) >= 11 is 0. The van der Waals surface area contributed by atoms with E-state index in [0.29, 0.717) is 11.4 Å². The van der Waals surface area contributed by atoms with Crippen LogP contribution in [0, 0.1) is 13.8 Å². The molecule has 7 nitrogen and oxygen atoms in total. The van der Waals surface area contributed by atoms with Gasteiger partial charge in [-0.2, -0.15) is 0 Å². The number of hydrogen-bond donors (Lipinski definition) is 2. The summed E-state index contributed by atoms with van der Waals surface area (Å²) in [5.74, 6) is 0.0132. The minimum atomic E-state index is -0.720. The second-order valence-corrected chi connectivity index (χ2v) is 5.69. The molecule has 1 aromatic carbocycles. The van der Waals surface area contributed by atoms with Gasteiger partial charge in [0.05, 0.1) is 18.5 Å². The summed E-state index contributed by atoms with van der Waals surface area (Å²) in [6, 6.07) is 8.94. The summed E-state index contributed by atoms with van der Waals surface area (Å²) in [4.78, 5) is 30.4. The van der Waals surface area contributed by atoms with E-state index in [2.05, 4.69) is 9.98 Å². The number of furan rings is 1. The monoisotopic (exact) mass is 339 g/mol. The molecule has 7 heteroatoms. The van der Waals surface area contributed by atoms with Gasteiger partial charge < -0.3 is 9.52 Å². The minimum Gasteiger partial charge on any atom is -0.494 e. The number of aliphatic imine (C=N–C) groups is 1. The Morgan fingerprint density at radius 1 is 1.24 bits per heavy atom. The molecule has 0 fully saturated rings. The molecule has 0 saturated heterocycles. The highest BCUT2D eigenvalue weighted by molar-refractivity contribution is 5.84. The first-order valence-electron chi connectivity index (χ1n) is 7.65. The summed E-state index contributed by atoms with van der Waals surface area (Å²) in [6.45, 7) is 3.95. The Kier molecular flexibility index (Phi) is 4.38. The molecule has 2 aromatic heterocycles. The molecule has 3 rings (SSSR count). The first kappa shape index (κ1) is 16.5. The predicted molar refractivity (Wildman–Crippen MR) is 94.0 cm³/mol.